The molecule has 0 saturated carbocycles. The number of nitrogens with two attached hydrogens (primary N) is 1. The summed E-state index contributed by atoms with van der Waals surface area (Å²) in [5.74, 6) is 1.18. The summed E-state index contributed by atoms with van der Waals surface area (Å²) in [4.78, 5) is 2.24. The summed E-state index contributed by atoms with van der Waals surface area (Å²) in [6.07, 6.45) is 0. The molecule has 2 aromatic rings. The van der Waals surface area contributed by atoms with Gasteiger partial charge in [-0.1, -0.05) is 12.1 Å². The van der Waals surface area contributed by atoms with Gasteiger partial charge in [0, 0.05) is 24.3 Å². The van der Waals surface area contributed by atoms with Gasteiger partial charge >= 0.3 is 0 Å². The van der Waals surface area contributed by atoms with Gasteiger partial charge in [0.05, 0.1) is 13.2 Å². The monoisotopic (exact) mass is 270 g/mol. The third-order valence-electron chi connectivity index (χ3n) is 3.86. The molecule has 1 heterocycles. The van der Waals surface area contributed by atoms with Crippen molar-refractivity contribution < 1.29 is 9.84 Å². The number of phenolic OH excluding ortho intramolecular Hbond substituents is 1. The van der Waals surface area contributed by atoms with Gasteiger partial charge in [-0.05, 0) is 35.9 Å². The van der Waals surface area contributed by atoms with Crippen LogP contribution >= 0.6 is 0 Å². The minimum atomic E-state index is 0.143. The summed E-state index contributed by atoms with van der Waals surface area (Å²) in [7, 11) is 1.69. The smallest absolute Gasteiger partial charge is 0.124 e. The molecule has 0 saturated heterocycles. The average molecular weight is 270 g/mol. The first-order chi connectivity index (χ1) is 9.74. The minimum absolute atomic E-state index is 0.143. The Labute approximate surface area is 118 Å². The molecular formula is C16H18N2O2. The number of hydrogen-bond acceptors (Lipinski definition) is 4. The van der Waals surface area contributed by atoms with Crippen LogP contribution in [0.25, 0.3) is 0 Å². The minimum Gasteiger partial charge on any atom is -0.508 e. The predicted molar refractivity (Wildman–Crippen MR) is 79.1 cm³/mol. The van der Waals surface area contributed by atoms with Gasteiger partial charge in [-0.15, -0.1) is 0 Å². The molecule has 1 aliphatic rings. The van der Waals surface area contributed by atoms with E-state index in [9.17, 15) is 5.11 Å². The number of nitrogens with zero attached hydrogens (tertiary/aromatic N) is 1. The van der Waals surface area contributed by atoms with Crippen LogP contribution in [0.15, 0.2) is 42.5 Å². The normalized spacial score (nSPS) is 17.1. The van der Waals surface area contributed by atoms with E-state index in [1.807, 2.05) is 24.3 Å². The molecule has 3 rings (SSSR count). The largest absolute Gasteiger partial charge is 0.508 e. The highest BCUT2D eigenvalue weighted by molar-refractivity contribution is 5.58. The fraction of sp³-hybridized carbons (Fsp3) is 0.250. The van der Waals surface area contributed by atoms with Crippen molar-refractivity contribution in [1.82, 2.24) is 0 Å². The summed E-state index contributed by atoms with van der Waals surface area (Å²) in [5, 5.41) is 9.42. The van der Waals surface area contributed by atoms with Crippen LogP contribution in [0.1, 0.15) is 17.2 Å². The van der Waals surface area contributed by atoms with Crippen LogP contribution < -0.4 is 15.4 Å². The maximum atomic E-state index is 9.42. The Balaban J connectivity index is 2.01. The Morgan fingerprint density at radius 3 is 2.65 bits per heavy atom. The number of hydrogen-bond donors (Lipinski definition) is 2. The maximum Gasteiger partial charge on any atom is 0.124 e. The van der Waals surface area contributed by atoms with Gasteiger partial charge in [0.2, 0.25) is 0 Å². The van der Waals surface area contributed by atoms with Crippen LogP contribution in [0.3, 0.4) is 0 Å². The molecule has 0 spiro atoms. The van der Waals surface area contributed by atoms with E-state index in [4.69, 9.17) is 10.5 Å². The van der Waals surface area contributed by atoms with Crippen molar-refractivity contribution >= 4 is 5.69 Å². The molecule has 20 heavy (non-hydrogen) atoms. The van der Waals surface area contributed by atoms with E-state index in [1.165, 1.54) is 11.1 Å². The molecule has 0 aromatic heterocycles. The highest BCUT2D eigenvalue weighted by Gasteiger charge is 2.31. The molecular weight excluding hydrogens is 252 g/mol. The van der Waals surface area contributed by atoms with E-state index in [-0.39, 0.29) is 11.8 Å². The Morgan fingerprint density at radius 2 is 2.00 bits per heavy atom. The third-order valence-corrected chi connectivity index (χ3v) is 3.86. The molecule has 2 aromatic carbocycles. The van der Waals surface area contributed by atoms with E-state index in [1.54, 1.807) is 19.2 Å². The summed E-state index contributed by atoms with van der Waals surface area (Å²) in [6, 6.07) is 13.5. The van der Waals surface area contributed by atoms with Crippen molar-refractivity contribution in [3.8, 4) is 11.5 Å². The van der Waals surface area contributed by atoms with E-state index >= 15 is 0 Å². The van der Waals surface area contributed by atoms with Gasteiger partial charge in [-0.25, -0.2) is 0 Å². The van der Waals surface area contributed by atoms with Gasteiger partial charge in [0.25, 0.3) is 0 Å². The standard InChI is InChI=1S/C16H18N2O2/c1-20-16-4-2-3-13-14(16)10-18(15(13)9-17)11-5-7-12(19)8-6-11/h2-8,15,19H,9-10,17H2,1H3. The zero-order chi connectivity index (χ0) is 14.1. The van der Waals surface area contributed by atoms with Crippen molar-refractivity contribution in [2.75, 3.05) is 18.6 Å². The van der Waals surface area contributed by atoms with Gasteiger partial charge in [0.1, 0.15) is 11.5 Å². The SMILES string of the molecule is COc1cccc2c1CN(c1ccc(O)cc1)C2CN. The zero-order valence-electron chi connectivity index (χ0n) is 11.4. The number of phenols is 1. The van der Waals surface area contributed by atoms with Crippen LogP contribution in [0.4, 0.5) is 5.69 Å². The zero-order valence-corrected chi connectivity index (χ0v) is 11.4. The number of rotatable bonds is 3. The number of methoxy groups -OCH3 is 1. The highest BCUT2D eigenvalue weighted by Crippen LogP contribution is 2.41. The molecule has 104 valence electrons. The summed E-state index contributed by atoms with van der Waals surface area (Å²) >= 11 is 0. The number of benzene rings is 2. The maximum absolute atomic E-state index is 9.42. The second-order valence-corrected chi connectivity index (χ2v) is 4.92. The Morgan fingerprint density at radius 1 is 1.25 bits per heavy atom. The highest BCUT2D eigenvalue weighted by atomic mass is 16.5. The number of aromatic hydroxyl groups is 1. The summed E-state index contributed by atoms with van der Waals surface area (Å²) in [5.41, 5.74) is 9.43. The topological polar surface area (TPSA) is 58.7 Å². The lowest BCUT2D eigenvalue weighted by Gasteiger charge is -2.26. The van der Waals surface area contributed by atoms with Crippen molar-refractivity contribution in [2.24, 2.45) is 5.73 Å². The molecule has 1 atom stereocenters. The molecule has 1 aliphatic heterocycles. The third kappa shape index (κ3) is 1.98. The van der Waals surface area contributed by atoms with Crippen molar-refractivity contribution in [1.29, 1.82) is 0 Å². The van der Waals surface area contributed by atoms with Gasteiger partial charge in [-0.2, -0.15) is 0 Å². The molecule has 3 N–H and O–H groups in total. The van der Waals surface area contributed by atoms with E-state index < -0.39 is 0 Å². The number of ether oxygens (including phenoxy) is 1. The van der Waals surface area contributed by atoms with E-state index in [2.05, 4.69) is 11.0 Å². The molecule has 0 aliphatic carbocycles. The van der Waals surface area contributed by atoms with Crippen molar-refractivity contribution in [2.45, 2.75) is 12.6 Å². The molecule has 4 nitrogen and oxygen atoms in total. The molecule has 0 fully saturated rings. The first-order valence-corrected chi connectivity index (χ1v) is 6.66. The first kappa shape index (κ1) is 12.8. The van der Waals surface area contributed by atoms with E-state index in [0.29, 0.717) is 6.54 Å². The second kappa shape index (κ2) is 5.06. The Hall–Kier alpha value is -2.20. The van der Waals surface area contributed by atoms with E-state index in [0.717, 1.165) is 18.0 Å². The second-order valence-electron chi connectivity index (χ2n) is 4.92. The van der Waals surface area contributed by atoms with Crippen molar-refractivity contribution in [3.05, 3.63) is 53.6 Å². The predicted octanol–water partition coefficient (Wildman–Crippen LogP) is 2.42. The average Bonchev–Trinajstić information content (AvgIpc) is 2.86. The van der Waals surface area contributed by atoms with Crippen LogP contribution in [-0.4, -0.2) is 18.8 Å². The van der Waals surface area contributed by atoms with Gasteiger partial charge in [0.15, 0.2) is 0 Å². The molecule has 0 amide bonds. The van der Waals surface area contributed by atoms with Crippen LogP contribution in [-0.2, 0) is 6.54 Å². The Bertz CT molecular complexity index is 610. The van der Waals surface area contributed by atoms with Gasteiger partial charge in [-0.3, -0.25) is 0 Å². The fourth-order valence-electron chi connectivity index (χ4n) is 2.87. The summed E-state index contributed by atoms with van der Waals surface area (Å²) in [6.45, 7) is 1.31. The van der Waals surface area contributed by atoms with Crippen molar-refractivity contribution in [3.63, 3.8) is 0 Å². The summed E-state index contributed by atoms with van der Waals surface area (Å²) < 4.78 is 5.45. The lowest BCUT2D eigenvalue weighted by Crippen LogP contribution is -2.27. The van der Waals surface area contributed by atoms with Crippen LogP contribution in [0.2, 0.25) is 0 Å². The molecule has 1 unspecified atom stereocenters. The number of fused-ring (bicyclic) bond motifs is 1. The lowest BCUT2D eigenvalue weighted by molar-refractivity contribution is 0.410. The fourth-order valence-corrected chi connectivity index (χ4v) is 2.87. The molecule has 4 heteroatoms. The van der Waals surface area contributed by atoms with Gasteiger partial charge < -0.3 is 20.5 Å². The Kier molecular flexibility index (Phi) is 3.24. The number of anilines is 1. The quantitative estimate of drug-likeness (QED) is 0.899. The lowest BCUT2D eigenvalue weighted by atomic mass is 10.0. The molecule has 0 bridgehead atoms. The van der Waals surface area contributed by atoms with Crippen LogP contribution in [0.5, 0.6) is 11.5 Å². The van der Waals surface area contributed by atoms with Crippen LogP contribution in [0, 0.1) is 0 Å². The first-order valence-electron chi connectivity index (χ1n) is 6.66. The molecule has 0 radical (unpaired) electrons.